The molecular weight excluding hydrogens is 290 g/mol. The van der Waals surface area contributed by atoms with Crippen LogP contribution in [0.15, 0.2) is 20.9 Å². The number of oxime groups is 1. The first kappa shape index (κ1) is 15.0. The molecule has 2 N–H and O–H groups in total. The zero-order valence-corrected chi connectivity index (χ0v) is 12.7. The second-order valence-corrected chi connectivity index (χ2v) is 5.64. The Morgan fingerprint density at radius 3 is 2.82 bits per heavy atom. The van der Waals surface area contributed by atoms with Crippen LogP contribution in [-0.4, -0.2) is 38.2 Å². The second-order valence-electron chi connectivity index (χ2n) is 5.64. The van der Waals surface area contributed by atoms with Gasteiger partial charge in [-0.05, 0) is 19.8 Å². The minimum Gasteiger partial charge on any atom is -0.385 e. The number of nitrogens with zero attached hydrogens (tertiary/aromatic N) is 2. The Kier molecular flexibility index (Phi) is 3.45. The van der Waals surface area contributed by atoms with E-state index >= 15 is 0 Å². The normalized spacial score (nSPS) is 33.5. The summed E-state index contributed by atoms with van der Waals surface area (Å²) < 4.78 is 7.28. The van der Waals surface area contributed by atoms with E-state index in [1.54, 1.807) is 6.92 Å². The lowest BCUT2D eigenvalue weighted by Gasteiger charge is -2.33. The van der Waals surface area contributed by atoms with Crippen LogP contribution in [0.2, 0.25) is 0 Å². The van der Waals surface area contributed by atoms with E-state index in [1.165, 1.54) is 10.8 Å². The zero-order chi connectivity index (χ0) is 16.1. The minimum absolute atomic E-state index is 0.376. The van der Waals surface area contributed by atoms with Gasteiger partial charge < -0.3 is 14.7 Å². The van der Waals surface area contributed by atoms with Gasteiger partial charge in [-0.3, -0.25) is 14.3 Å². The quantitative estimate of drug-likeness (QED) is 0.820. The van der Waals surface area contributed by atoms with E-state index in [-0.39, 0.29) is 0 Å². The molecule has 1 unspecified atom stereocenters. The maximum Gasteiger partial charge on any atom is 0.330 e. The lowest BCUT2D eigenvalue weighted by atomic mass is 9.85. The highest BCUT2D eigenvalue weighted by Gasteiger charge is 2.61. The maximum absolute atomic E-state index is 12.1. The third-order valence-corrected chi connectivity index (χ3v) is 4.45. The summed E-state index contributed by atoms with van der Waals surface area (Å²) >= 11 is 0. The van der Waals surface area contributed by atoms with Crippen molar-refractivity contribution in [2.45, 2.75) is 57.6 Å². The predicted octanol–water partition coefficient (Wildman–Crippen LogP) is 0.0483. The summed E-state index contributed by atoms with van der Waals surface area (Å²) in [4.78, 5) is 31.2. The molecule has 8 heteroatoms. The number of ether oxygens (including phenoxy) is 1. The molecule has 3 rings (SSSR count). The van der Waals surface area contributed by atoms with Gasteiger partial charge in [-0.1, -0.05) is 19.0 Å². The number of aromatic nitrogens is 2. The summed E-state index contributed by atoms with van der Waals surface area (Å²) in [5, 5.41) is 14.6. The van der Waals surface area contributed by atoms with Crippen LogP contribution in [0, 0.1) is 6.92 Å². The summed E-state index contributed by atoms with van der Waals surface area (Å²) in [6.07, 6.45) is -0.0615. The number of aryl methyl sites for hydroxylation is 1. The first-order chi connectivity index (χ1) is 10.4. The SMILES string of the molecule is CCC1=NOC2[C@H](n3cc(C)c(=O)[nH]c3=O)O[C@]1(CC)[C@@H]2O. The van der Waals surface area contributed by atoms with E-state index in [2.05, 4.69) is 10.1 Å². The van der Waals surface area contributed by atoms with Crippen molar-refractivity contribution >= 4 is 5.71 Å². The highest BCUT2D eigenvalue weighted by molar-refractivity contribution is 5.93. The third kappa shape index (κ3) is 1.87. The molecule has 1 saturated heterocycles. The molecule has 2 aliphatic rings. The number of hydrogen-bond donors (Lipinski definition) is 2. The molecule has 2 aliphatic heterocycles. The molecule has 0 aromatic carbocycles. The van der Waals surface area contributed by atoms with Gasteiger partial charge in [0, 0.05) is 11.8 Å². The lowest BCUT2D eigenvalue weighted by molar-refractivity contribution is -0.0654. The molecule has 0 amide bonds. The molecule has 1 aromatic heterocycles. The highest BCUT2D eigenvalue weighted by Crippen LogP contribution is 2.44. The molecule has 1 fully saturated rings. The van der Waals surface area contributed by atoms with E-state index in [0.29, 0.717) is 24.1 Å². The fourth-order valence-electron chi connectivity index (χ4n) is 3.17. The van der Waals surface area contributed by atoms with Gasteiger partial charge in [0.1, 0.15) is 11.7 Å². The van der Waals surface area contributed by atoms with Crippen molar-refractivity contribution in [2.24, 2.45) is 5.16 Å². The first-order valence-electron chi connectivity index (χ1n) is 7.35. The molecule has 0 spiro atoms. The van der Waals surface area contributed by atoms with Gasteiger partial charge in [0.2, 0.25) is 6.10 Å². The van der Waals surface area contributed by atoms with Crippen molar-refractivity contribution in [2.75, 3.05) is 0 Å². The summed E-state index contributed by atoms with van der Waals surface area (Å²) in [7, 11) is 0. The van der Waals surface area contributed by atoms with Crippen molar-refractivity contribution in [3.05, 3.63) is 32.6 Å². The Morgan fingerprint density at radius 1 is 1.45 bits per heavy atom. The average molecular weight is 309 g/mol. The van der Waals surface area contributed by atoms with Crippen LogP contribution in [-0.2, 0) is 9.57 Å². The van der Waals surface area contributed by atoms with Crippen molar-refractivity contribution in [1.29, 1.82) is 0 Å². The number of nitrogens with one attached hydrogen (secondary N) is 1. The fraction of sp³-hybridized carbons (Fsp3) is 0.643. The predicted molar refractivity (Wildman–Crippen MR) is 77.8 cm³/mol. The third-order valence-electron chi connectivity index (χ3n) is 4.45. The summed E-state index contributed by atoms with van der Waals surface area (Å²) in [6, 6.07) is 0. The molecule has 0 saturated carbocycles. The summed E-state index contributed by atoms with van der Waals surface area (Å²) in [5.41, 5.74) is -1.00. The Morgan fingerprint density at radius 2 is 2.18 bits per heavy atom. The van der Waals surface area contributed by atoms with Gasteiger partial charge in [-0.25, -0.2) is 4.79 Å². The minimum atomic E-state index is -0.953. The zero-order valence-electron chi connectivity index (χ0n) is 12.7. The molecule has 1 aromatic rings. The Bertz CT molecular complexity index is 737. The highest BCUT2D eigenvalue weighted by atomic mass is 16.7. The average Bonchev–Trinajstić information content (AvgIpc) is 2.68. The van der Waals surface area contributed by atoms with E-state index in [4.69, 9.17) is 9.57 Å². The Hall–Kier alpha value is -1.93. The van der Waals surface area contributed by atoms with Crippen LogP contribution in [0.3, 0.4) is 0 Å². The molecule has 0 aliphatic carbocycles. The number of aliphatic hydroxyl groups excluding tert-OH is 1. The standard InChI is InChI=1S/C14H19N3O5/c1-4-8-14(5-2)10(18)9(22-16-8)12(21-14)17-6-7(3)11(19)15-13(17)20/h6,9-10,12,18H,4-5H2,1-3H3,(H,15,19,20)/t9?,10-,12-,14+/m1/s1. The first-order valence-corrected chi connectivity index (χ1v) is 7.35. The van der Waals surface area contributed by atoms with E-state index < -0.39 is 35.3 Å². The number of fused-ring (bicyclic) bond motifs is 2. The monoisotopic (exact) mass is 309 g/mol. The van der Waals surface area contributed by atoms with Crippen LogP contribution in [0.5, 0.6) is 0 Å². The van der Waals surface area contributed by atoms with Crippen molar-refractivity contribution < 1.29 is 14.7 Å². The van der Waals surface area contributed by atoms with Gasteiger partial charge in [0.15, 0.2) is 6.23 Å². The fourth-order valence-corrected chi connectivity index (χ4v) is 3.17. The largest absolute Gasteiger partial charge is 0.385 e. The van der Waals surface area contributed by atoms with Crippen molar-refractivity contribution in [3.63, 3.8) is 0 Å². The van der Waals surface area contributed by atoms with Crippen molar-refractivity contribution in [3.8, 4) is 0 Å². The van der Waals surface area contributed by atoms with Crippen molar-refractivity contribution in [1.82, 2.24) is 9.55 Å². The van der Waals surface area contributed by atoms with Crippen LogP contribution < -0.4 is 11.2 Å². The Labute approximate surface area is 126 Å². The smallest absolute Gasteiger partial charge is 0.330 e. The van der Waals surface area contributed by atoms with Crippen LogP contribution >= 0.6 is 0 Å². The second kappa shape index (κ2) is 5.06. The molecular formula is C14H19N3O5. The van der Waals surface area contributed by atoms with Gasteiger partial charge in [0.25, 0.3) is 5.56 Å². The van der Waals surface area contributed by atoms with E-state index in [0.717, 1.165) is 0 Å². The van der Waals surface area contributed by atoms with Crippen LogP contribution in [0.25, 0.3) is 0 Å². The molecule has 8 nitrogen and oxygen atoms in total. The number of rotatable bonds is 3. The molecule has 120 valence electrons. The number of aromatic amines is 1. The molecule has 0 radical (unpaired) electrons. The number of aliphatic hydroxyl groups is 1. The van der Waals surface area contributed by atoms with Gasteiger partial charge in [-0.2, -0.15) is 0 Å². The topological polar surface area (TPSA) is 106 Å². The lowest BCUT2D eigenvalue weighted by Crippen LogP contribution is -2.52. The number of H-pyrrole nitrogens is 1. The Balaban J connectivity index is 2.09. The van der Waals surface area contributed by atoms with Gasteiger partial charge >= 0.3 is 5.69 Å². The molecule has 2 bridgehead atoms. The maximum atomic E-state index is 12.1. The molecule has 22 heavy (non-hydrogen) atoms. The summed E-state index contributed by atoms with van der Waals surface area (Å²) in [5.74, 6) is 0. The summed E-state index contributed by atoms with van der Waals surface area (Å²) in [6.45, 7) is 5.39. The van der Waals surface area contributed by atoms with Gasteiger partial charge in [-0.15, -0.1) is 0 Å². The van der Waals surface area contributed by atoms with Crippen LogP contribution in [0.1, 0.15) is 38.5 Å². The molecule has 4 atom stereocenters. The number of hydrogen-bond acceptors (Lipinski definition) is 6. The molecule has 3 heterocycles. The van der Waals surface area contributed by atoms with E-state index in [9.17, 15) is 14.7 Å². The van der Waals surface area contributed by atoms with Crippen LogP contribution in [0.4, 0.5) is 0 Å². The van der Waals surface area contributed by atoms with Gasteiger partial charge in [0.05, 0.1) is 5.71 Å². The van der Waals surface area contributed by atoms with E-state index in [1.807, 2.05) is 13.8 Å².